The lowest BCUT2D eigenvalue weighted by Crippen LogP contribution is -2.33. The van der Waals surface area contributed by atoms with Crippen LogP contribution in [0, 0.1) is 0 Å². The zero-order valence-corrected chi connectivity index (χ0v) is 11.8. The molecule has 1 heterocycles. The van der Waals surface area contributed by atoms with Crippen LogP contribution in [0.3, 0.4) is 0 Å². The topological polar surface area (TPSA) is 44.9 Å². The first-order valence-electron chi connectivity index (χ1n) is 6.67. The number of aromatic nitrogens is 1. The van der Waals surface area contributed by atoms with Gasteiger partial charge in [0, 0.05) is 22.9 Å². The summed E-state index contributed by atoms with van der Waals surface area (Å²) >= 11 is 1.91. The summed E-state index contributed by atoms with van der Waals surface area (Å²) in [5.41, 5.74) is 1.68. The van der Waals surface area contributed by atoms with Gasteiger partial charge in [0.15, 0.2) is 0 Å². The van der Waals surface area contributed by atoms with E-state index in [2.05, 4.69) is 16.6 Å². The minimum atomic E-state index is 0.0415. The van der Waals surface area contributed by atoms with Crippen molar-refractivity contribution in [2.75, 3.05) is 6.26 Å². The standard InChI is InChI=1S/C15H18N2OS/c1-19-12-6-5-11(9-12)17-15(18)13-4-2-3-10-7-8-16-14(10)13/h2-4,7-8,11-12,16H,5-6,9H2,1H3,(H,17,18). The predicted octanol–water partition coefficient (Wildman–Crippen LogP) is 3.18. The molecule has 19 heavy (non-hydrogen) atoms. The molecule has 3 rings (SSSR count). The number of fused-ring (bicyclic) bond motifs is 1. The Kier molecular flexibility index (Phi) is 3.51. The summed E-state index contributed by atoms with van der Waals surface area (Å²) in [5, 5.41) is 4.95. The predicted molar refractivity (Wildman–Crippen MR) is 80.7 cm³/mol. The smallest absolute Gasteiger partial charge is 0.253 e. The highest BCUT2D eigenvalue weighted by Gasteiger charge is 2.25. The SMILES string of the molecule is CSC1CCC(NC(=O)c2cccc3cc[nH]c23)C1. The number of carbonyl (C=O) groups is 1. The molecule has 0 spiro atoms. The molecule has 0 radical (unpaired) electrons. The first kappa shape index (κ1) is 12.6. The quantitative estimate of drug-likeness (QED) is 0.903. The maximum atomic E-state index is 12.4. The maximum Gasteiger partial charge on any atom is 0.253 e. The zero-order chi connectivity index (χ0) is 13.2. The number of H-pyrrole nitrogens is 1. The molecule has 100 valence electrons. The van der Waals surface area contributed by atoms with Gasteiger partial charge in [0.25, 0.3) is 5.91 Å². The van der Waals surface area contributed by atoms with Gasteiger partial charge in [0.2, 0.25) is 0 Å². The molecule has 1 saturated carbocycles. The summed E-state index contributed by atoms with van der Waals surface area (Å²) in [6.07, 6.45) is 7.42. The monoisotopic (exact) mass is 274 g/mol. The Bertz CT molecular complexity index is 593. The molecule has 0 bridgehead atoms. The molecule has 1 amide bonds. The van der Waals surface area contributed by atoms with E-state index in [4.69, 9.17) is 0 Å². The maximum absolute atomic E-state index is 12.4. The lowest BCUT2D eigenvalue weighted by molar-refractivity contribution is 0.0939. The second-order valence-electron chi connectivity index (χ2n) is 5.09. The van der Waals surface area contributed by atoms with E-state index in [1.807, 2.05) is 42.2 Å². The zero-order valence-electron chi connectivity index (χ0n) is 11.0. The fourth-order valence-corrected chi connectivity index (χ4v) is 3.62. The first-order chi connectivity index (χ1) is 9.28. The summed E-state index contributed by atoms with van der Waals surface area (Å²) in [5.74, 6) is 0.0415. The molecule has 0 aliphatic heterocycles. The van der Waals surface area contributed by atoms with E-state index in [9.17, 15) is 4.79 Å². The van der Waals surface area contributed by atoms with Crippen molar-refractivity contribution in [1.29, 1.82) is 0 Å². The lowest BCUT2D eigenvalue weighted by atomic mass is 10.1. The van der Waals surface area contributed by atoms with Crippen molar-refractivity contribution >= 4 is 28.6 Å². The molecular weight excluding hydrogens is 256 g/mol. The van der Waals surface area contributed by atoms with Crippen molar-refractivity contribution in [3.8, 4) is 0 Å². The number of benzene rings is 1. The average Bonchev–Trinajstić information content (AvgIpc) is 3.05. The fourth-order valence-electron chi connectivity index (χ4n) is 2.82. The number of rotatable bonds is 3. The number of nitrogens with one attached hydrogen (secondary N) is 2. The molecule has 0 saturated heterocycles. The third-order valence-corrected chi connectivity index (χ3v) is 4.98. The van der Waals surface area contributed by atoms with Crippen molar-refractivity contribution in [2.24, 2.45) is 0 Å². The van der Waals surface area contributed by atoms with Crippen LogP contribution >= 0.6 is 11.8 Å². The molecular formula is C15H18N2OS. The van der Waals surface area contributed by atoms with Gasteiger partial charge in [-0.1, -0.05) is 12.1 Å². The molecule has 2 unspecified atom stereocenters. The second kappa shape index (κ2) is 5.29. The molecule has 1 aliphatic carbocycles. The summed E-state index contributed by atoms with van der Waals surface area (Å²) in [6, 6.07) is 8.16. The number of aromatic amines is 1. The van der Waals surface area contributed by atoms with Crippen LogP contribution in [0.4, 0.5) is 0 Å². The molecule has 2 atom stereocenters. The largest absolute Gasteiger partial charge is 0.361 e. The number of hydrogen-bond donors (Lipinski definition) is 2. The van der Waals surface area contributed by atoms with Crippen LogP contribution in [0.1, 0.15) is 29.6 Å². The van der Waals surface area contributed by atoms with E-state index in [0.29, 0.717) is 11.3 Å². The van der Waals surface area contributed by atoms with Gasteiger partial charge in [-0.2, -0.15) is 11.8 Å². The van der Waals surface area contributed by atoms with Crippen molar-refractivity contribution in [3.63, 3.8) is 0 Å². The number of hydrogen-bond acceptors (Lipinski definition) is 2. The molecule has 1 fully saturated rings. The minimum Gasteiger partial charge on any atom is -0.361 e. The van der Waals surface area contributed by atoms with Crippen molar-refractivity contribution in [3.05, 3.63) is 36.0 Å². The molecule has 3 nitrogen and oxygen atoms in total. The second-order valence-corrected chi connectivity index (χ2v) is 6.23. The van der Waals surface area contributed by atoms with Crippen molar-refractivity contribution < 1.29 is 4.79 Å². The molecule has 2 aromatic rings. The Labute approximate surface area is 117 Å². The van der Waals surface area contributed by atoms with Gasteiger partial charge >= 0.3 is 0 Å². The van der Waals surface area contributed by atoms with Gasteiger partial charge in [0.05, 0.1) is 11.1 Å². The first-order valence-corrected chi connectivity index (χ1v) is 7.96. The Balaban J connectivity index is 1.76. The van der Waals surface area contributed by atoms with Crippen LogP contribution in [-0.2, 0) is 0 Å². The van der Waals surface area contributed by atoms with Crippen LogP contribution in [0.5, 0.6) is 0 Å². The van der Waals surface area contributed by atoms with Crippen LogP contribution < -0.4 is 5.32 Å². The number of carbonyl (C=O) groups excluding carboxylic acids is 1. The van der Waals surface area contributed by atoms with E-state index in [1.165, 1.54) is 6.42 Å². The third kappa shape index (κ3) is 2.50. The van der Waals surface area contributed by atoms with E-state index < -0.39 is 0 Å². The molecule has 1 aromatic heterocycles. The van der Waals surface area contributed by atoms with Crippen LogP contribution in [-0.4, -0.2) is 28.4 Å². The Morgan fingerprint density at radius 2 is 2.26 bits per heavy atom. The Hall–Kier alpha value is -1.42. The van der Waals surface area contributed by atoms with Gasteiger partial charge < -0.3 is 10.3 Å². The highest BCUT2D eigenvalue weighted by Crippen LogP contribution is 2.28. The number of thioether (sulfide) groups is 1. The van der Waals surface area contributed by atoms with Crippen LogP contribution in [0.2, 0.25) is 0 Å². The van der Waals surface area contributed by atoms with Gasteiger partial charge in [-0.25, -0.2) is 0 Å². The van der Waals surface area contributed by atoms with E-state index in [0.717, 1.165) is 29.3 Å². The van der Waals surface area contributed by atoms with Gasteiger partial charge in [0.1, 0.15) is 0 Å². The molecule has 2 N–H and O–H groups in total. The highest BCUT2D eigenvalue weighted by molar-refractivity contribution is 7.99. The Morgan fingerprint density at radius 3 is 3.05 bits per heavy atom. The minimum absolute atomic E-state index is 0.0415. The van der Waals surface area contributed by atoms with E-state index in [1.54, 1.807) is 0 Å². The fraction of sp³-hybridized carbons (Fsp3) is 0.400. The summed E-state index contributed by atoms with van der Waals surface area (Å²) in [4.78, 5) is 15.5. The highest BCUT2D eigenvalue weighted by atomic mass is 32.2. The van der Waals surface area contributed by atoms with Crippen molar-refractivity contribution in [2.45, 2.75) is 30.6 Å². The van der Waals surface area contributed by atoms with Crippen LogP contribution in [0.25, 0.3) is 10.9 Å². The average molecular weight is 274 g/mol. The van der Waals surface area contributed by atoms with Gasteiger partial charge in [-0.05, 0) is 37.7 Å². The van der Waals surface area contributed by atoms with E-state index >= 15 is 0 Å². The van der Waals surface area contributed by atoms with Crippen LogP contribution in [0.15, 0.2) is 30.5 Å². The third-order valence-electron chi connectivity index (χ3n) is 3.88. The van der Waals surface area contributed by atoms with Gasteiger partial charge in [-0.15, -0.1) is 0 Å². The van der Waals surface area contributed by atoms with E-state index in [-0.39, 0.29) is 5.91 Å². The van der Waals surface area contributed by atoms with Gasteiger partial charge in [-0.3, -0.25) is 4.79 Å². The normalized spacial score (nSPS) is 22.8. The Morgan fingerprint density at radius 1 is 1.37 bits per heavy atom. The lowest BCUT2D eigenvalue weighted by Gasteiger charge is -2.13. The summed E-state index contributed by atoms with van der Waals surface area (Å²) in [7, 11) is 0. The summed E-state index contributed by atoms with van der Waals surface area (Å²) in [6.45, 7) is 0. The summed E-state index contributed by atoms with van der Waals surface area (Å²) < 4.78 is 0. The molecule has 1 aliphatic rings. The molecule has 1 aromatic carbocycles. The number of amides is 1. The van der Waals surface area contributed by atoms with Crippen molar-refractivity contribution in [1.82, 2.24) is 10.3 Å². The molecule has 4 heteroatoms. The number of para-hydroxylation sites is 1.